The highest BCUT2D eigenvalue weighted by Gasteiger charge is 2.19. The molecule has 2 atom stereocenters. The van der Waals surface area contributed by atoms with E-state index in [1.54, 1.807) is 7.11 Å². The third kappa shape index (κ3) is 9.93. The van der Waals surface area contributed by atoms with Crippen molar-refractivity contribution in [1.82, 2.24) is 15.5 Å². The number of rotatable bonds is 13. The van der Waals surface area contributed by atoms with E-state index in [4.69, 9.17) is 14.2 Å². The van der Waals surface area contributed by atoms with E-state index in [1.807, 2.05) is 13.1 Å². The summed E-state index contributed by atoms with van der Waals surface area (Å²) < 4.78 is 16.6. The van der Waals surface area contributed by atoms with Gasteiger partial charge in [0.05, 0.1) is 26.4 Å². The van der Waals surface area contributed by atoms with Gasteiger partial charge in [-0.2, -0.15) is 0 Å². The Labute approximate surface area is 205 Å². The van der Waals surface area contributed by atoms with Crippen molar-refractivity contribution < 1.29 is 14.2 Å². The monoisotopic (exact) mass is 548 g/mol. The Morgan fingerprint density at radius 1 is 1.29 bits per heavy atom. The maximum Gasteiger partial charge on any atom is 0.191 e. The standard InChI is InChI=1S/C23H40N4O3.HI/c1-5-27(6-2)22(20-9-7-10-21(15-20)28-4)16-26-23(24-3)25-12-8-13-29-17-19-11-14-30-18-19;/h7,9-10,15,19,22H,5-6,8,11-14,16-18H2,1-4H3,(H2,24,25,26);1H. The van der Waals surface area contributed by atoms with Gasteiger partial charge in [-0.25, -0.2) is 0 Å². The number of aliphatic imine (C=N–C) groups is 1. The summed E-state index contributed by atoms with van der Waals surface area (Å²) in [5, 5.41) is 6.88. The molecule has 1 saturated heterocycles. The molecule has 0 saturated carbocycles. The van der Waals surface area contributed by atoms with Crippen LogP contribution < -0.4 is 15.4 Å². The lowest BCUT2D eigenvalue weighted by Crippen LogP contribution is -2.43. The number of ether oxygens (including phenoxy) is 3. The molecule has 0 amide bonds. The molecule has 7 nitrogen and oxygen atoms in total. The van der Waals surface area contributed by atoms with Crippen LogP contribution in [0.3, 0.4) is 0 Å². The molecule has 1 aromatic rings. The zero-order valence-corrected chi connectivity index (χ0v) is 21.9. The van der Waals surface area contributed by atoms with Gasteiger partial charge in [0.25, 0.3) is 0 Å². The predicted molar refractivity (Wildman–Crippen MR) is 138 cm³/mol. The normalized spacial score (nSPS) is 17.3. The van der Waals surface area contributed by atoms with Gasteiger partial charge in [-0.1, -0.05) is 26.0 Å². The van der Waals surface area contributed by atoms with E-state index < -0.39 is 0 Å². The Kier molecular flexibility index (Phi) is 14.9. The summed E-state index contributed by atoms with van der Waals surface area (Å²) in [5.74, 6) is 2.27. The molecule has 1 aliphatic heterocycles. The lowest BCUT2D eigenvalue weighted by Gasteiger charge is -2.31. The minimum Gasteiger partial charge on any atom is -0.497 e. The molecule has 0 spiro atoms. The van der Waals surface area contributed by atoms with Crippen LogP contribution in [0.25, 0.3) is 0 Å². The van der Waals surface area contributed by atoms with Crippen LogP contribution in [0.2, 0.25) is 0 Å². The Morgan fingerprint density at radius 2 is 2.10 bits per heavy atom. The van der Waals surface area contributed by atoms with E-state index in [1.165, 1.54) is 5.56 Å². The van der Waals surface area contributed by atoms with Crippen molar-refractivity contribution in [3.63, 3.8) is 0 Å². The second-order valence-corrected chi connectivity index (χ2v) is 7.55. The first-order chi connectivity index (χ1) is 14.7. The summed E-state index contributed by atoms with van der Waals surface area (Å²) in [6, 6.07) is 8.56. The van der Waals surface area contributed by atoms with Gasteiger partial charge >= 0.3 is 0 Å². The number of guanidine groups is 1. The van der Waals surface area contributed by atoms with Crippen molar-refractivity contribution in [2.45, 2.75) is 32.7 Å². The van der Waals surface area contributed by atoms with Crippen LogP contribution in [-0.2, 0) is 9.47 Å². The van der Waals surface area contributed by atoms with Crippen LogP contribution in [0.4, 0.5) is 0 Å². The number of likely N-dealkylation sites (N-methyl/N-ethyl adjacent to an activating group) is 1. The number of hydrogen-bond acceptors (Lipinski definition) is 5. The average molecular weight is 549 g/mol. The number of halogens is 1. The van der Waals surface area contributed by atoms with Crippen LogP contribution in [-0.4, -0.2) is 77.6 Å². The summed E-state index contributed by atoms with van der Waals surface area (Å²) in [6.45, 7) is 11.2. The highest BCUT2D eigenvalue weighted by molar-refractivity contribution is 14.0. The fraction of sp³-hybridized carbons (Fsp3) is 0.696. The highest BCUT2D eigenvalue weighted by Crippen LogP contribution is 2.23. The van der Waals surface area contributed by atoms with Crippen molar-refractivity contribution in [1.29, 1.82) is 0 Å². The molecule has 2 N–H and O–H groups in total. The van der Waals surface area contributed by atoms with E-state index in [0.29, 0.717) is 5.92 Å². The minimum atomic E-state index is 0. The van der Waals surface area contributed by atoms with Crippen LogP contribution in [0.15, 0.2) is 29.3 Å². The molecule has 1 heterocycles. The van der Waals surface area contributed by atoms with Gasteiger partial charge in [-0.15, -0.1) is 24.0 Å². The first kappa shape index (κ1) is 27.9. The van der Waals surface area contributed by atoms with Crippen LogP contribution in [0.5, 0.6) is 5.75 Å². The van der Waals surface area contributed by atoms with Gasteiger partial charge < -0.3 is 24.8 Å². The van der Waals surface area contributed by atoms with Crippen LogP contribution in [0, 0.1) is 5.92 Å². The molecule has 1 aromatic carbocycles. The molecule has 0 bridgehead atoms. The number of nitrogens with one attached hydrogen (secondary N) is 2. The Bertz CT molecular complexity index is 623. The first-order valence-corrected chi connectivity index (χ1v) is 11.2. The minimum absolute atomic E-state index is 0. The van der Waals surface area contributed by atoms with E-state index >= 15 is 0 Å². The lowest BCUT2D eigenvalue weighted by atomic mass is 10.0. The van der Waals surface area contributed by atoms with E-state index in [2.05, 4.69) is 52.6 Å². The van der Waals surface area contributed by atoms with Crippen molar-refractivity contribution in [2.24, 2.45) is 10.9 Å². The summed E-state index contributed by atoms with van der Waals surface area (Å²) >= 11 is 0. The second-order valence-electron chi connectivity index (χ2n) is 7.55. The zero-order chi connectivity index (χ0) is 21.6. The summed E-state index contributed by atoms with van der Waals surface area (Å²) in [5.41, 5.74) is 1.24. The number of methoxy groups -OCH3 is 1. The fourth-order valence-corrected chi connectivity index (χ4v) is 3.73. The number of benzene rings is 1. The Hall–Kier alpha value is -1.10. The zero-order valence-electron chi connectivity index (χ0n) is 19.6. The molecular formula is C23H41IN4O3. The molecule has 0 aromatic heterocycles. The van der Waals surface area contributed by atoms with Gasteiger partial charge in [-0.3, -0.25) is 9.89 Å². The molecule has 31 heavy (non-hydrogen) atoms. The Balaban J connectivity index is 0.00000480. The highest BCUT2D eigenvalue weighted by atomic mass is 127. The van der Waals surface area contributed by atoms with Crippen LogP contribution >= 0.6 is 24.0 Å². The maximum atomic E-state index is 5.77. The molecule has 2 unspecified atom stereocenters. The third-order valence-electron chi connectivity index (χ3n) is 5.55. The molecule has 1 aliphatic rings. The first-order valence-electron chi connectivity index (χ1n) is 11.2. The van der Waals surface area contributed by atoms with Gasteiger partial charge in [-0.05, 0) is 43.6 Å². The SMILES string of the molecule is CCN(CC)C(CNC(=NC)NCCCOCC1CCOC1)c1cccc(OC)c1.I. The fourth-order valence-electron chi connectivity index (χ4n) is 3.73. The predicted octanol–water partition coefficient (Wildman–Crippen LogP) is 3.30. The van der Waals surface area contributed by atoms with Crippen molar-refractivity contribution in [3.05, 3.63) is 29.8 Å². The van der Waals surface area contributed by atoms with E-state index in [0.717, 1.165) is 77.2 Å². The lowest BCUT2D eigenvalue weighted by molar-refractivity contribution is 0.0888. The molecular weight excluding hydrogens is 507 g/mol. The quantitative estimate of drug-likeness (QED) is 0.171. The molecule has 8 heteroatoms. The summed E-state index contributed by atoms with van der Waals surface area (Å²) in [4.78, 5) is 6.81. The van der Waals surface area contributed by atoms with Crippen molar-refractivity contribution in [2.75, 3.05) is 66.8 Å². The summed E-state index contributed by atoms with van der Waals surface area (Å²) in [7, 11) is 3.52. The van der Waals surface area contributed by atoms with Crippen LogP contribution in [0.1, 0.15) is 38.3 Å². The van der Waals surface area contributed by atoms with Crippen molar-refractivity contribution >= 4 is 29.9 Å². The average Bonchev–Trinajstić information content (AvgIpc) is 3.31. The number of hydrogen-bond donors (Lipinski definition) is 2. The van der Waals surface area contributed by atoms with Gasteiger partial charge in [0.1, 0.15) is 5.75 Å². The number of nitrogens with zero attached hydrogens (tertiary/aromatic N) is 2. The third-order valence-corrected chi connectivity index (χ3v) is 5.55. The van der Waals surface area contributed by atoms with E-state index in [-0.39, 0.29) is 30.0 Å². The molecule has 0 aliphatic carbocycles. The largest absolute Gasteiger partial charge is 0.497 e. The molecule has 1 fully saturated rings. The molecule has 0 radical (unpaired) electrons. The van der Waals surface area contributed by atoms with Gasteiger partial charge in [0, 0.05) is 39.3 Å². The van der Waals surface area contributed by atoms with E-state index in [9.17, 15) is 0 Å². The van der Waals surface area contributed by atoms with Gasteiger partial charge in [0.15, 0.2) is 5.96 Å². The maximum absolute atomic E-state index is 5.77. The van der Waals surface area contributed by atoms with Crippen molar-refractivity contribution in [3.8, 4) is 5.75 Å². The molecule has 2 rings (SSSR count). The topological polar surface area (TPSA) is 67.4 Å². The van der Waals surface area contributed by atoms with Gasteiger partial charge in [0.2, 0.25) is 0 Å². The Morgan fingerprint density at radius 3 is 2.74 bits per heavy atom. The smallest absolute Gasteiger partial charge is 0.191 e. The summed E-state index contributed by atoms with van der Waals surface area (Å²) in [6.07, 6.45) is 2.07. The molecule has 178 valence electrons. The second kappa shape index (κ2) is 16.5.